The third-order valence-corrected chi connectivity index (χ3v) is 10.9. The molecule has 2 saturated heterocycles. The topological polar surface area (TPSA) is 132 Å². The molecule has 9 nitrogen and oxygen atoms in total. The van der Waals surface area contributed by atoms with Gasteiger partial charge >= 0.3 is 5.97 Å². The minimum absolute atomic E-state index is 0.0726. The first-order chi connectivity index (χ1) is 19.6. The van der Waals surface area contributed by atoms with E-state index < -0.39 is 50.1 Å². The second kappa shape index (κ2) is 10.3. The maximum atomic E-state index is 14.2. The van der Waals surface area contributed by atoms with Gasteiger partial charge in [0.1, 0.15) is 17.9 Å². The Morgan fingerprint density at radius 3 is 2.41 bits per heavy atom. The molecule has 1 N–H and O–H groups in total. The molecule has 0 radical (unpaired) electrons. The van der Waals surface area contributed by atoms with Gasteiger partial charge in [-0.1, -0.05) is 35.3 Å². The van der Waals surface area contributed by atoms with Crippen LogP contribution >= 0.6 is 23.2 Å². The first-order valence-corrected chi connectivity index (χ1v) is 15.1. The Balaban J connectivity index is 1.54. The average molecular weight is 613 g/mol. The second-order valence-electron chi connectivity index (χ2n) is 10.0. The van der Waals surface area contributed by atoms with Crippen molar-refractivity contribution in [3.05, 3.63) is 99.0 Å². The monoisotopic (exact) mass is 612 g/mol. The summed E-state index contributed by atoms with van der Waals surface area (Å²) in [4.78, 5) is 24.9. The number of esters is 1. The van der Waals surface area contributed by atoms with Gasteiger partial charge < -0.3 is 19.5 Å². The lowest BCUT2D eigenvalue weighted by Crippen LogP contribution is -2.65. The molecule has 12 heteroatoms. The van der Waals surface area contributed by atoms with Gasteiger partial charge in [0.25, 0.3) is 10.8 Å². The Bertz CT molecular complexity index is 1720. The summed E-state index contributed by atoms with van der Waals surface area (Å²) in [6.07, 6.45) is -2.21. The van der Waals surface area contributed by atoms with E-state index in [4.69, 9.17) is 37.4 Å². The van der Waals surface area contributed by atoms with Gasteiger partial charge in [0.15, 0.2) is 6.10 Å². The summed E-state index contributed by atoms with van der Waals surface area (Å²) in [5.74, 6) is -1.36. The molecule has 210 valence electrons. The summed E-state index contributed by atoms with van der Waals surface area (Å²) in [5, 5.41) is 12.3. The normalized spacial score (nSPS) is 27.2. The number of amides is 1. The van der Waals surface area contributed by atoms with E-state index in [1.165, 1.54) is 36.4 Å². The van der Waals surface area contributed by atoms with Crippen LogP contribution in [0.3, 0.4) is 0 Å². The summed E-state index contributed by atoms with van der Waals surface area (Å²) < 4.78 is 46.7. The average Bonchev–Trinajstić information content (AvgIpc) is 3.11. The molecule has 0 aliphatic carbocycles. The molecular formula is C29H22Cl2N2O7S. The highest BCUT2D eigenvalue weighted by molar-refractivity contribution is 7.93. The van der Waals surface area contributed by atoms with Crippen LogP contribution in [0.5, 0.6) is 5.75 Å². The van der Waals surface area contributed by atoms with E-state index >= 15 is 0 Å². The van der Waals surface area contributed by atoms with Gasteiger partial charge in [0.2, 0.25) is 9.84 Å². The van der Waals surface area contributed by atoms with E-state index in [1.807, 2.05) is 6.07 Å². The molecule has 5 atom stereocenters. The maximum Gasteiger partial charge on any atom is 0.338 e. The van der Waals surface area contributed by atoms with Gasteiger partial charge in [-0.3, -0.25) is 4.79 Å². The van der Waals surface area contributed by atoms with Gasteiger partial charge in [0, 0.05) is 27.8 Å². The van der Waals surface area contributed by atoms with Crippen LogP contribution in [0.1, 0.15) is 50.7 Å². The molecule has 0 saturated carbocycles. The Labute approximate surface area is 245 Å². The Morgan fingerprint density at radius 1 is 1.02 bits per heavy atom. The molecule has 3 aromatic rings. The SMILES string of the molecule is N#Cc1ccc2c(c1)C(NC(=O)c1cccc(Cl)c1)C(OC(=O)c1cccc(Cl)c1)C1(O2)C2CC(CCO2)S1(=O)=O. The molecule has 2 bridgehead atoms. The van der Waals surface area contributed by atoms with Crippen LogP contribution in [-0.2, 0) is 19.3 Å². The van der Waals surface area contributed by atoms with Crippen molar-refractivity contribution < 1.29 is 32.2 Å². The van der Waals surface area contributed by atoms with Crippen molar-refractivity contribution >= 4 is 44.9 Å². The molecule has 1 amide bonds. The number of nitriles is 1. The van der Waals surface area contributed by atoms with Crippen molar-refractivity contribution in [1.82, 2.24) is 5.32 Å². The van der Waals surface area contributed by atoms with E-state index in [-0.39, 0.29) is 52.5 Å². The molecule has 3 aromatic carbocycles. The van der Waals surface area contributed by atoms with E-state index in [2.05, 4.69) is 5.32 Å². The first-order valence-electron chi connectivity index (χ1n) is 12.7. The van der Waals surface area contributed by atoms with E-state index in [9.17, 15) is 23.3 Å². The zero-order chi connectivity index (χ0) is 28.9. The largest absolute Gasteiger partial charge is 0.464 e. The molecule has 0 aromatic heterocycles. The van der Waals surface area contributed by atoms with Crippen molar-refractivity contribution in [2.24, 2.45) is 0 Å². The van der Waals surface area contributed by atoms with Crippen LogP contribution in [0.2, 0.25) is 10.0 Å². The molecule has 3 aliphatic heterocycles. The molecule has 41 heavy (non-hydrogen) atoms. The van der Waals surface area contributed by atoms with Crippen molar-refractivity contribution in [1.29, 1.82) is 5.26 Å². The molecule has 1 spiro atoms. The van der Waals surface area contributed by atoms with E-state index in [1.54, 1.807) is 30.3 Å². The Morgan fingerprint density at radius 2 is 1.73 bits per heavy atom. The number of nitrogens with one attached hydrogen (secondary N) is 1. The predicted molar refractivity (Wildman–Crippen MR) is 149 cm³/mol. The van der Waals surface area contributed by atoms with Gasteiger partial charge in [-0.25, -0.2) is 13.2 Å². The fourth-order valence-electron chi connectivity index (χ4n) is 5.78. The summed E-state index contributed by atoms with van der Waals surface area (Å²) in [5.41, 5.74) is 0.767. The number of hydrogen-bond acceptors (Lipinski definition) is 8. The third-order valence-electron chi connectivity index (χ3n) is 7.68. The Kier molecular flexibility index (Phi) is 6.94. The second-order valence-corrected chi connectivity index (χ2v) is 13.3. The summed E-state index contributed by atoms with van der Waals surface area (Å²) in [7, 11) is -4.16. The molecular weight excluding hydrogens is 591 g/mol. The smallest absolute Gasteiger partial charge is 0.338 e. The number of sulfone groups is 1. The van der Waals surface area contributed by atoms with Crippen molar-refractivity contribution in [2.45, 2.75) is 41.3 Å². The summed E-state index contributed by atoms with van der Waals surface area (Å²) in [6, 6.07) is 17.4. The van der Waals surface area contributed by atoms with Crippen molar-refractivity contribution in [2.75, 3.05) is 6.61 Å². The zero-order valence-corrected chi connectivity index (χ0v) is 23.6. The molecule has 3 heterocycles. The molecule has 2 fully saturated rings. The number of benzene rings is 3. The summed E-state index contributed by atoms with van der Waals surface area (Å²) >= 11 is 12.2. The zero-order valence-electron chi connectivity index (χ0n) is 21.3. The minimum Gasteiger partial charge on any atom is -0.464 e. The molecule has 3 aliphatic rings. The number of halogens is 2. The first kappa shape index (κ1) is 27.5. The van der Waals surface area contributed by atoms with Crippen molar-refractivity contribution in [3.63, 3.8) is 0 Å². The fraction of sp³-hybridized carbons (Fsp3) is 0.276. The van der Waals surface area contributed by atoms with Crippen LogP contribution in [0, 0.1) is 11.3 Å². The van der Waals surface area contributed by atoms with Gasteiger partial charge in [-0.2, -0.15) is 5.26 Å². The number of hydrogen-bond donors (Lipinski definition) is 1. The number of rotatable bonds is 4. The molecule has 5 unspecified atom stereocenters. The Hall–Kier alpha value is -3.62. The van der Waals surface area contributed by atoms with E-state index in [0.717, 1.165) is 0 Å². The van der Waals surface area contributed by atoms with Crippen LogP contribution in [0.25, 0.3) is 0 Å². The number of nitrogens with zero attached hydrogens (tertiary/aromatic N) is 1. The van der Waals surface area contributed by atoms with Crippen LogP contribution in [-0.4, -0.2) is 49.3 Å². The number of carbonyl (C=O) groups is 2. The van der Waals surface area contributed by atoms with Crippen LogP contribution in [0.15, 0.2) is 66.7 Å². The standard InChI is InChI=1S/C29H22Cl2N2O7S/c30-19-5-1-3-17(12-19)27(34)33-25-22-11-16(15-32)7-8-23(22)40-29(24-14-21(9-10-38-24)41(29,36)37)26(25)39-28(35)18-4-2-6-20(31)13-18/h1-8,11-13,21,24-26H,9-10,14H2,(H,33,34). The van der Waals surface area contributed by atoms with Gasteiger partial charge in [-0.15, -0.1) is 0 Å². The lowest BCUT2D eigenvalue weighted by atomic mass is 9.87. The number of carbonyl (C=O) groups excluding carboxylic acids is 2. The van der Waals surface area contributed by atoms with Gasteiger partial charge in [-0.05, 0) is 67.4 Å². The highest BCUT2D eigenvalue weighted by atomic mass is 35.5. The quantitative estimate of drug-likeness (QED) is 0.422. The van der Waals surface area contributed by atoms with Gasteiger partial charge in [0.05, 0.1) is 22.4 Å². The third kappa shape index (κ3) is 4.53. The van der Waals surface area contributed by atoms with Crippen molar-refractivity contribution in [3.8, 4) is 11.8 Å². The van der Waals surface area contributed by atoms with E-state index in [0.29, 0.717) is 5.02 Å². The van der Waals surface area contributed by atoms with Crippen LogP contribution in [0.4, 0.5) is 0 Å². The number of fused-ring (bicyclic) bond motifs is 4. The van der Waals surface area contributed by atoms with Crippen LogP contribution < -0.4 is 10.1 Å². The molecule has 6 rings (SSSR count). The highest BCUT2D eigenvalue weighted by Gasteiger charge is 2.72. The minimum atomic E-state index is -4.16. The maximum absolute atomic E-state index is 14.2. The predicted octanol–water partition coefficient (Wildman–Crippen LogP) is 4.63. The lowest BCUT2D eigenvalue weighted by Gasteiger charge is -2.46. The summed E-state index contributed by atoms with van der Waals surface area (Å²) in [6.45, 7) is 0.175. The number of ether oxygens (including phenoxy) is 3. The lowest BCUT2D eigenvalue weighted by molar-refractivity contribution is -0.125. The fourth-order valence-corrected chi connectivity index (χ4v) is 8.76. The highest BCUT2D eigenvalue weighted by Crippen LogP contribution is 2.54.